The zero-order chi connectivity index (χ0) is 9.10. The van der Waals surface area contributed by atoms with Gasteiger partial charge >= 0.3 is 0 Å². The van der Waals surface area contributed by atoms with Crippen molar-refractivity contribution in [3.63, 3.8) is 0 Å². The Morgan fingerprint density at radius 2 is 2.23 bits per heavy atom. The molecule has 2 heteroatoms. The van der Waals surface area contributed by atoms with E-state index in [0.29, 0.717) is 6.04 Å². The maximum atomic E-state index is 3.57. The number of hydrogen-bond acceptors (Lipinski definition) is 2. The Hall–Kier alpha value is -0.500. The Bertz CT molecular complexity index is 237. The fraction of sp³-hybridized carbons (Fsp3) is 0.636. The van der Waals surface area contributed by atoms with Crippen LogP contribution in [0.15, 0.2) is 16.8 Å². The highest BCUT2D eigenvalue weighted by Crippen LogP contribution is 2.29. The van der Waals surface area contributed by atoms with Crippen molar-refractivity contribution in [1.29, 1.82) is 0 Å². The summed E-state index contributed by atoms with van der Waals surface area (Å²) >= 11 is 1.76. The third kappa shape index (κ3) is 2.25. The van der Waals surface area contributed by atoms with Gasteiger partial charge in [0.2, 0.25) is 0 Å². The lowest BCUT2D eigenvalue weighted by Gasteiger charge is -2.20. The summed E-state index contributed by atoms with van der Waals surface area (Å²) in [5, 5.41) is 7.89. The third-order valence-electron chi connectivity index (χ3n) is 3.02. The van der Waals surface area contributed by atoms with Gasteiger partial charge in [0, 0.05) is 17.1 Å². The molecule has 0 spiro atoms. The molecule has 1 atom stereocenters. The molecule has 2 rings (SSSR count). The van der Waals surface area contributed by atoms with Crippen molar-refractivity contribution in [1.82, 2.24) is 0 Å². The molecule has 72 valence electrons. The maximum absolute atomic E-state index is 3.57. The second kappa shape index (κ2) is 4.14. The molecule has 1 heterocycles. The number of thiophene rings is 1. The van der Waals surface area contributed by atoms with Crippen LogP contribution in [-0.2, 0) is 0 Å². The van der Waals surface area contributed by atoms with E-state index in [2.05, 4.69) is 29.1 Å². The molecule has 0 radical (unpaired) electrons. The molecule has 0 aliphatic heterocycles. The summed E-state index contributed by atoms with van der Waals surface area (Å²) in [5.41, 5.74) is 1.30. The van der Waals surface area contributed by atoms with Crippen LogP contribution in [0.2, 0.25) is 0 Å². The molecule has 0 bridgehead atoms. The normalized spacial score (nSPS) is 20.4. The third-order valence-corrected chi connectivity index (χ3v) is 3.71. The van der Waals surface area contributed by atoms with E-state index < -0.39 is 0 Å². The highest BCUT2D eigenvalue weighted by atomic mass is 32.1. The van der Waals surface area contributed by atoms with Gasteiger partial charge in [-0.2, -0.15) is 11.3 Å². The lowest BCUT2D eigenvalue weighted by Crippen LogP contribution is -2.23. The van der Waals surface area contributed by atoms with Gasteiger partial charge in [-0.1, -0.05) is 12.8 Å². The van der Waals surface area contributed by atoms with E-state index in [1.54, 1.807) is 11.3 Å². The van der Waals surface area contributed by atoms with Crippen LogP contribution >= 0.6 is 11.3 Å². The summed E-state index contributed by atoms with van der Waals surface area (Å²) in [6.45, 7) is 2.31. The van der Waals surface area contributed by atoms with Crippen LogP contribution in [0, 0.1) is 5.92 Å². The molecular weight excluding hydrogens is 178 g/mol. The molecule has 0 saturated heterocycles. The van der Waals surface area contributed by atoms with Crippen LogP contribution in [0.4, 0.5) is 5.69 Å². The Morgan fingerprint density at radius 3 is 2.85 bits per heavy atom. The van der Waals surface area contributed by atoms with Crippen molar-refractivity contribution >= 4 is 17.0 Å². The second-order valence-corrected chi connectivity index (χ2v) is 4.77. The Morgan fingerprint density at radius 1 is 1.46 bits per heavy atom. The first-order valence-corrected chi connectivity index (χ1v) is 6.09. The van der Waals surface area contributed by atoms with Crippen molar-refractivity contribution in [3.8, 4) is 0 Å². The average molecular weight is 195 g/mol. The summed E-state index contributed by atoms with van der Waals surface area (Å²) in [6, 6.07) is 2.81. The van der Waals surface area contributed by atoms with Crippen molar-refractivity contribution < 1.29 is 0 Å². The number of anilines is 1. The minimum Gasteiger partial charge on any atom is -0.382 e. The fourth-order valence-corrected chi connectivity index (χ4v) is 2.78. The van der Waals surface area contributed by atoms with Gasteiger partial charge in [0.25, 0.3) is 0 Å². The maximum Gasteiger partial charge on any atom is 0.0450 e. The van der Waals surface area contributed by atoms with Crippen LogP contribution in [0.5, 0.6) is 0 Å². The number of hydrogen-bond donors (Lipinski definition) is 1. The van der Waals surface area contributed by atoms with E-state index in [0.717, 1.165) is 5.92 Å². The van der Waals surface area contributed by atoms with E-state index in [1.165, 1.54) is 31.4 Å². The molecule has 1 N–H and O–H groups in total. The van der Waals surface area contributed by atoms with Crippen molar-refractivity contribution in [2.45, 2.75) is 38.6 Å². The van der Waals surface area contributed by atoms with E-state index in [1.807, 2.05) is 0 Å². The van der Waals surface area contributed by atoms with Crippen LogP contribution in [0.1, 0.15) is 32.6 Å². The first-order chi connectivity index (χ1) is 6.36. The van der Waals surface area contributed by atoms with Gasteiger partial charge in [-0.15, -0.1) is 0 Å². The molecule has 1 aliphatic carbocycles. The Kier molecular flexibility index (Phi) is 2.89. The van der Waals surface area contributed by atoms with Gasteiger partial charge in [0.1, 0.15) is 0 Å². The van der Waals surface area contributed by atoms with Gasteiger partial charge in [-0.3, -0.25) is 0 Å². The first kappa shape index (κ1) is 9.07. The van der Waals surface area contributed by atoms with Gasteiger partial charge in [-0.05, 0) is 37.1 Å². The van der Waals surface area contributed by atoms with Crippen molar-refractivity contribution in [2.24, 2.45) is 5.92 Å². The smallest absolute Gasteiger partial charge is 0.0450 e. The molecular formula is C11H17NS. The number of rotatable bonds is 3. The summed E-state index contributed by atoms with van der Waals surface area (Å²) in [7, 11) is 0. The van der Waals surface area contributed by atoms with Crippen molar-refractivity contribution in [2.75, 3.05) is 5.32 Å². The predicted molar refractivity (Wildman–Crippen MR) is 59.4 cm³/mol. The van der Waals surface area contributed by atoms with Gasteiger partial charge in [0.15, 0.2) is 0 Å². The van der Waals surface area contributed by atoms with Crippen LogP contribution < -0.4 is 5.32 Å². The van der Waals surface area contributed by atoms with E-state index in [4.69, 9.17) is 0 Å². The van der Waals surface area contributed by atoms with Crippen LogP contribution in [0.25, 0.3) is 0 Å². The molecule has 0 amide bonds. The summed E-state index contributed by atoms with van der Waals surface area (Å²) in [4.78, 5) is 0. The summed E-state index contributed by atoms with van der Waals surface area (Å²) in [6.07, 6.45) is 5.69. The molecule has 1 saturated carbocycles. The predicted octanol–water partition coefficient (Wildman–Crippen LogP) is 3.74. The highest BCUT2D eigenvalue weighted by molar-refractivity contribution is 7.08. The quantitative estimate of drug-likeness (QED) is 0.774. The van der Waals surface area contributed by atoms with Crippen LogP contribution in [0.3, 0.4) is 0 Å². The zero-order valence-electron chi connectivity index (χ0n) is 8.12. The summed E-state index contributed by atoms with van der Waals surface area (Å²) in [5.74, 6) is 0.903. The Balaban J connectivity index is 1.87. The zero-order valence-corrected chi connectivity index (χ0v) is 8.94. The molecule has 1 fully saturated rings. The summed E-state index contributed by atoms with van der Waals surface area (Å²) < 4.78 is 0. The largest absolute Gasteiger partial charge is 0.382 e. The lowest BCUT2D eigenvalue weighted by molar-refractivity contribution is 0.482. The molecule has 1 aromatic heterocycles. The topological polar surface area (TPSA) is 12.0 Å². The van der Waals surface area contributed by atoms with E-state index >= 15 is 0 Å². The molecule has 13 heavy (non-hydrogen) atoms. The monoisotopic (exact) mass is 195 g/mol. The Labute approximate surface area is 84.2 Å². The molecule has 1 nitrogen and oxygen atoms in total. The van der Waals surface area contributed by atoms with E-state index in [9.17, 15) is 0 Å². The number of nitrogens with one attached hydrogen (secondary N) is 1. The first-order valence-electron chi connectivity index (χ1n) is 5.15. The minimum atomic E-state index is 0.650. The molecule has 1 aromatic rings. The second-order valence-electron chi connectivity index (χ2n) is 3.99. The van der Waals surface area contributed by atoms with Gasteiger partial charge < -0.3 is 5.32 Å². The molecule has 1 aliphatic rings. The highest BCUT2D eigenvalue weighted by Gasteiger charge is 2.21. The lowest BCUT2D eigenvalue weighted by atomic mass is 10.00. The fourth-order valence-electron chi connectivity index (χ4n) is 2.18. The SMILES string of the molecule is CC(Nc1ccsc1)C1CCCC1. The van der Waals surface area contributed by atoms with E-state index in [-0.39, 0.29) is 0 Å². The average Bonchev–Trinajstić information content (AvgIpc) is 2.74. The standard InChI is InChI=1S/C11H17NS/c1-9(10-4-2-3-5-10)12-11-6-7-13-8-11/h6-10,12H,2-5H2,1H3. The van der Waals surface area contributed by atoms with Crippen molar-refractivity contribution in [3.05, 3.63) is 16.8 Å². The minimum absolute atomic E-state index is 0.650. The van der Waals surface area contributed by atoms with Crippen LogP contribution in [-0.4, -0.2) is 6.04 Å². The van der Waals surface area contributed by atoms with Gasteiger partial charge in [-0.25, -0.2) is 0 Å². The molecule has 1 unspecified atom stereocenters. The molecule has 0 aromatic carbocycles. The van der Waals surface area contributed by atoms with Gasteiger partial charge in [0.05, 0.1) is 0 Å².